The molecule has 1 aliphatic rings. The molecule has 0 saturated heterocycles. The number of aromatic nitrogens is 2. The third-order valence-electron chi connectivity index (χ3n) is 11.1. The van der Waals surface area contributed by atoms with Crippen LogP contribution >= 0.6 is 0 Å². The molecule has 9 heteroatoms. The molecule has 0 fully saturated rings. The van der Waals surface area contributed by atoms with Crippen LogP contribution in [-0.4, -0.2) is 64.5 Å². The van der Waals surface area contributed by atoms with Crippen molar-refractivity contribution in [3.63, 3.8) is 0 Å². The molecule has 7 aromatic carbocycles. The number of fused-ring (bicyclic) bond motifs is 6. The molecule has 228 valence electrons. The third kappa shape index (κ3) is 4.32. The summed E-state index contributed by atoms with van der Waals surface area (Å²) in [6, 6.07) is 33.6. The van der Waals surface area contributed by atoms with E-state index in [4.69, 9.17) is 59.9 Å². The summed E-state index contributed by atoms with van der Waals surface area (Å²) in [4.78, 5) is 4.78. The molecule has 14 radical (unpaired) electrons. The second kappa shape index (κ2) is 11.5. The summed E-state index contributed by atoms with van der Waals surface area (Å²) in [7, 11) is 47.5. The normalized spacial score (nSPS) is 13.2. The molecule has 0 bridgehead atoms. The molecule has 2 nitrogen and oxygen atoms in total. The molecule has 9 rings (SSSR count). The summed E-state index contributed by atoms with van der Waals surface area (Å²) in [6.45, 7) is 6.14. The van der Waals surface area contributed by atoms with Crippen LogP contribution in [0, 0.1) is 6.92 Å². The number of aryl methyl sites for hydroxylation is 1. The van der Waals surface area contributed by atoms with Gasteiger partial charge in [0.1, 0.15) is 60.7 Å². The van der Waals surface area contributed by atoms with E-state index in [0.29, 0.717) is 44.0 Å². The Morgan fingerprint density at radius 2 is 0.923 bits per heavy atom. The fourth-order valence-corrected chi connectivity index (χ4v) is 8.81. The van der Waals surface area contributed by atoms with Gasteiger partial charge in [0.05, 0.1) is 11.0 Å². The van der Waals surface area contributed by atoms with Crippen LogP contribution in [0.4, 0.5) is 0 Å². The van der Waals surface area contributed by atoms with Crippen molar-refractivity contribution in [3.05, 3.63) is 114 Å². The van der Waals surface area contributed by atoms with Gasteiger partial charge in [0.2, 0.25) is 0 Å². The summed E-state index contributed by atoms with van der Waals surface area (Å²) < 4.78 is 2.19. The lowest BCUT2D eigenvalue weighted by molar-refractivity contribution is 0.670. The largest absolute Gasteiger partial charge is 0.297 e. The topological polar surface area (TPSA) is 17.8 Å². The maximum absolute atomic E-state index is 7.33. The Morgan fingerprint density at radius 3 is 1.52 bits per heavy atom. The van der Waals surface area contributed by atoms with E-state index in [2.05, 4.69) is 85.1 Å². The highest BCUT2D eigenvalue weighted by Crippen LogP contribution is 2.47. The first kappa shape index (κ1) is 32.9. The Morgan fingerprint density at radius 1 is 0.462 bits per heavy atom. The molecule has 0 aliphatic heterocycles. The number of hydrogen-bond acceptors (Lipinski definition) is 1. The minimum absolute atomic E-state index is 0.217. The molecular weight excluding hydrogens is 620 g/mol. The average Bonchev–Trinajstić information content (AvgIpc) is 3.61. The van der Waals surface area contributed by atoms with E-state index in [1.165, 1.54) is 0 Å². The lowest BCUT2D eigenvalue weighted by atomic mass is 9.61. The zero-order chi connectivity index (χ0) is 36.4. The van der Waals surface area contributed by atoms with Gasteiger partial charge in [-0.3, -0.25) is 4.57 Å². The maximum Gasteiger partial charge on any atom is 0.115 e. The Labute approximate surface area is 313 Å². The van der Waals surface area contributed by atoms with E-state index in [1.807, 2.05) is 37.3 Å². The van der Waals surface area contributed by atoms with Gasteiger partial charge < -0.3 is 0 Å². The van der Waals surface area contributed by atoms with Gasteiger partial charge in [0.25, 0.3) is 0 Å². The van der Waals surface area contributed by atoms with Crippen LogP contribution in [0.5, 0.6) is 0 Å². The maximum atomic E-state index is 7.33. The second-order valence-electron chi connectivity index (χ2n) is 14.3. The second-order valence-corrected chi connectivity index (χ2v) is 14.3. The van der Waals surface area contributed by atoms with Crippen LogP contribution < -0.4 is 38.2 Å². The smallest absolute Gasteiger partial charge is 0.115 e. The molecule has 0 N–H and O–H groups in total. The quantitative estimate of drug-likeness (QED) is 0.214. The highest BCUT2D eigenvalue weighted by Gasteiger charge is 2.41. The van der Waals surface area contributed by atoms with E-state index in [0.717, 1.165) is 71.9 Å². The summed E-state index contributed by atoms with van der Waals surface area (Å²) >= 11 is 0. The monoisotopic (exact) mass is 646 g/mol. The Balaban J connectivity index is 1.32. The van der Waals surface area contributed by atoms with Gasteiger partial charge in [-0.05, 0) is 97.2 Å². The van der Waals surface area contributed by atoms with E-state index in [1.54, 1.807) is 0 Å². The Kier molecular flexibility index (Phi) is 7.26. The van der Waals surface area contributed by atoms with E-state index < -0.39 is 5.41 Å². The van der Waals surface area contributed by atoms with Gasteiger partial charge in [-0.1, -0.05) is 114 Å². The molecule has 8 aromatic rings. The zero-order valence-electron chi connectivity index (χ0n) is 29.2. The molecular formula is C43H25B7N2. The molecule has 52 heavy (non-hydrogen) atoms. The van der Waals surface area contributed by atoms with Crippen LogP contribution in [0.25, 0.3) is 71.6 Å². The minimum Gasteiger partial charge on any atom is -0.297 e. The number of rotatable bonds is 3. The number of imidazole rings is 1. The summed E-state index contributed by atoms with van der Waals surface area (Å²) in [6.07, 6.45) is 0. The zero-order valence-corrected chi connectivity index (χ0v) is 29.2. The van der Waals surface area contributed by atoms with Crippen molar-refractivity contribution < 1.29 is 0 Å². The van der Waals surface area contributed by atoms with Gasteiger partial charge in [0.15, 0.2) is 0 Å². The fraction of sp³-hybridized carbons (Fsp3) is 0.0930. The van der Waals surface area contributed by atoms with Gasteiger partial charge in [-0.15, -0.1) is 10.9 Å². The van der Waals surface area contributed by atoms with Gasteiger partial charge >= 0.3 is 0 Å². The van der Waals surface area contributed by atoms with Gasteiger partial charge in [-0.25, -0.2) is 4.98 Å². The average molecular weight is 645 g/mol. The number of para-hydroxylation sites is 2. The standard InChI is InChI=1S/C43H25B7N2/c1-20-51-27-14-8-9-15-28(27)52(20)22-18-16-21(17-19-22)29-23-10-4-6-12-25(23)30(26-13-7-5-11-24(26)29)33-36(44)34-31(37(45)39(33)47)32-35(43(34,2)3)40(48)42(50)41(49)38(32)46/h4-19H,1-3H3. The van der Waals surface area contributed by atoms with Crippen LogP contribution in [0.15, 0.2) is 97.1 Å². The van der Waals surface area contributed by atoms with Crippen molar-refractivity contribution in [2.45, 2.75) is 26.2 Å². The Hall–Kier alpha value is -5.02. The van der Waals surface area contributed by atoms with E-state index >= 15 is 0 Å². The van der Waals surface area contributed by atoms with Crippen molar-refractivity contribution in [2.75, 3.05) is 0 Å². The predicted octanol–water partition coefficient (Wildman–Crippen LogP) is 2.84. The molecule has 1 aromatic heterocycles. The fourth-order valence-electron chi connectivity index (χ4n) is 8.81. The van der Waals surface area contributed by atoms with Crippen molar-refractivity contribution >= 4 is 126 Å². The SMILES string of the molecule is [B]c1c([B])c([B])c2c(c1[B])-c1c([B])c([B])c(-c3c4ccccc4c(-c4ccc(-n5c(C)nc6ccccc65)cc4)c4ccccc34)c([B])c1C2(C)C. The first-order valence-corrected chi connectivity index (χ1v) is 17.2. The van der Waals surface area contributed by atoms with Crippen molar-refractivity contribution in [3.8, 4) is 39.1 Å². The predicted molar refractivity (Wildman–Crippen MR) is 227 cm³/mol. The molecule has 0 atom stereocenters. The van der Waals surface area contributed by atoms with Crippen molar-refractivity contribution in [1.82, 2.24) is 9.55 Å². The molecule has 0 unspecified atom stereocenters. The molecule has 0 spiro atoms. The first-order valence-electron chi connectivity index (χ1n) is 17.2. The van der Waals surface area contributed by atoms with Crippen LogP contribution in [-0.2, 0) is 5.41 Å². The molecule has 1 heterocycles. The number of benzene rings is 7. The third-order valence-corrected chi connectivity index (χ3v) is 11.1. The Bertz CT molecular complexity index is 2800. The first-order chi connectivity index (χ1) is 24.9. The minimum atomic E-state index is -0.711. The molecule has 1 aliphatic carbocycles. The van der Waals surface area contributed by atoms with Crippen molar-refractivity contribution in [1.29, 1.82) is 0 Å². The van der Waals surface area contributed by atoms with Gasteiger partial charge in [-0.2, -0.15) is 0 Å². The summed E-state index contributed by atoms with van der Waals surface area (Å²) in [5.41, 5.74) is 11.4. The molecule has 0 saturated carbocycles. The number of nitrogens with zero attached hydrogens (tertiary/aromatic N) is 2. The highest BCUT2D eigenvalue weighted by atomic mass is 15.1. The summed E-state index contributed by atoms with van der Waals surface area (Å²) in [5.74, 6) is 0.932. The highest BCUT2D eigenvalue weighted by molar-refractivity contribution is 6.65. The van der Waals surface area contributed by atoms with Crippen LogP contribution in [0.2, 0.25) is 0 Å². The number of hydrogen-bond donors (Lipinski definition) is 0. The van der Waals surface area contributed by atoms with E-state index in [-0.39, 0.29) is 10.9 Å². The summed E-state index contributed by atoms with van der Waals surface area (Å²) in [5, 5.41) is 4.11. The molecule has 0 amide bonds. The van der Waals surface area contributed by atoms with Gasteiger partial charge in [0, 0.05) is 11.1 Å². The van der Waals surface area contributed by atoms with Crippen LogP contribution in [0.3, 0.4) is 0 Å². The lowest BCUT2D eigenvalue weighted by Crippen LogP contribution is -2.51. The van der Waals surface area contributed by atoms with Crippen molar-refractivity contribution in [2.24, 2.45) is 0 Å². The van der Waals surface area contributed by atoms with E-state index in [9.17, 15) is 0 Å². The van der Waals surface area contributed by atoms with Crippen LogP contribution in [0.1, 0.15) is 30.8 Å². The lowest BCUT2D eigenvalue weighted by Gasteiger charge is -2.30.